The van der Waals surface area contributed by atoms with Gasteiger partial charge < -0.3 is 25.7 Å². The molecule has 18 heavy (non-hydrogen) atoms. The summed E-state index contributed by atoms with van der Waals surface area (Å²) >= 11 is 0. The number of β-amino-alcohol motifs (C(OH)–C–C–N with tert-alkyl or cyclic N) is 1. The van der Waals surface area contributed by atoms with E-state index in [2.05, 4.69) is 10.6 Å². The summed E-state index contributed by atoms with van der Waals surface area (Å²) in [7, 11) is 1.44. The van der Waals surface area contributed by atoms with E-state index in [0.29, 0.717) is 0 Å². The lowest BCUT2D eigenvalue weighted by atomic mass is 10.2. The Morgan fingerprint density at radius 3 is 2.50 bits per heavy atom. The van der Waals surface area contributed by atoms with E-state index in [1.165, 1.54) is 14.0 Å². The predicted molar refractivity (Wildman–Crippen MR) is 60.8 cm³/mol. The Bertz CT molecular complexity index is 359. The molecule has 0 aliphatic carbocycles. The first kappa shape index (κ1) is 14.2. The summed E-state index contributed by atoms with van der Waals surface area (Å²) in [4.78, 5) is 35.0. The molecule has 1 aliphatic rings. The molecular weight excluding hydrogens is 242 g/mol. The zero-order chi connectivity index (χ0) is 13.9. The number of likely N-dealkylation sites (N-methyl/N-ethyl adjacent to an activating group) is 1. The number of hydrogen-bond donors (Lipinski definition) is 4. The fourth-order valence-corrected chi connectivity index (χ4v) is 1.82. The van der Waals surface area contributed by atoms with Crippen LogP contribution in [0.15, 0.2) is 0 Å². The van der Waals surface area contributed by atoms with Crippen molar-refractivity contribution < 1.29 is 24.6 Å². The molecule has 0 radical (unpaired) electrons. The van der Waals surface area contributed by atoms with Crippen LogP contribution in [0, 0.1) is 0 Å². The SMILES string of the molecule is CNC(=O)C(C)NC(=O)N1CC(O)CC1C(=O)O. The van der Waals surface area contributed by atoms with Crippen LogP contribution >= 0.6 is 0 Å². The molecule has 0 aromatic carbocycles. The van der Waals surface area contributed by atoms with E-state index in [1.807, 2.05) is 0 Å². The molecule has 0 bridgehead atoms. The fourth-order valence-electron chi connectivity index (χ4n) is 1.82. The molecule has 3 atom stereocenters. The molecule has 8 nitrogen and oxygen atoms in total. The van der Waals surface area contributed by atoms with Crippen LogP contribution in [0.1, 0.15) is 13.3 Å². The Morgan fingerprint density at radius 1 is 1.39 bits per heavy atom. The largest absolute Gasteiger partial charge is 0.480 e. The van der Waals surface area contributed by atoms with Crippen LogP contribution in [0.2, 0.25) is 0 Å². The Morgan fingerprint density at radius 2 is 2.00 bits per heavy atom. The number of aliphatic hydroxyl groups is 1. The van der Waals surface area contributed by atoms with Gasteiger partial charge in [0.25, 0.3) is 0 Å². The molecule has 3 unspecified atom stereocenters. The molecular formula is C10H17N3O5. The maximum absolute atomic E-state index is 11.8. The van der Waals surface area contributed by atoms with Crippen LogP contribution in [0.4, 0.5) is 4.79 Å². The molecule has 4 N–H and O–H groups in total. The number of nitrogens with one attached hydrogen (secondary N) is 2. The quantitative estimate of drug-likeness (QED) is 0.484. The highest BCUT2D eigenvalue weighted by atomic mass is 16.4. The average molecular weight is 259 g/mol. The fraction of sp³-hybridized carbons (Fsp3) is 0.700. The molecule has 1 saturated heterocycles. The summed E-state index contributed by atoms with van der Waals surface area (Å²) < 4.78 is 0. The molecule has 0 aromatic heterocycles. The van der Waals surface area contributed by atoms with E-state index in [1.54, 1.807) is 0 Å². The van der Waals surface area contributed by atoms with Gasteiger partial charge in [0, 0.05) is 20.0 Å². The number of urea groups is 1. The van der Waals surface area contributed by atoms with Crippen molar-refractivity contribution in [3.8, 4) is 0 Å². The van der Waals surface area contributed by atoms with E-state index in [-0.39, 0.29) is 18.9 Å². The summed E-state index contributed by atoms with van der Waals surface area (Å²) in [5.41, 5.74) is 0. The third-order valence-electron chi connectivity index (χ3n) is 2.80. The van der Waals surface area contributed by atoms with E-state index in [9.17, 15) is 19.5 Å². The summed E-state index contributed by atoms with van der Waals surface area (Å²) in [5, 5.41) is 23.1. The second-order valence-corrected chi connectivity index (χ2v) is 4.18. The second kappa shape index (κ2) is 5.67. The highest BCUT2D eigenvalue weighted by Gasteiger charge is 2.39. The Hall–Kier alpha value is -1.83. The molecule has 1 rings (SSSR count). The Labute approximate surface area is 104 Å². The predicted octanol–water partition coefficient (Wildman–Crippen LogP) is -1.65. The first-order chi connectivity index (χ1) is 8.36. The normalized spacial score (nSPS) is 24.5. The minimum Gasteiger partial charge on any atom is -0.480 e. The van der Waals surface area contributed by atoms with Crippen molar-refractivity contribution in [2.75, 3.05) is 13.6 Å². The molecule has 1 fully saturated rings. The number of carboxylic acid groups (broad SMARTS) is 1. The van der Waals surface area contributed by atoms with Gasteiger partial charge in [-0.25, -0.2) is 9.59 Å². The maximum Gasteiger partial charge on any atom is 0.326 e. The molecule has 8 heteroatoms. The standard InChI is InChI=1S/C10H17N3O5/c1-5(8(15)11-2)12-10(18)13-4-6(14)3-7(13)9(16)17/h5-7,14H,3-4H2,1-2H3,(H,11,15)(H,12,18)(H,16,17). The summed E-state index contributed by atoms with van der Waals surface area (Å²) in [6, 6.07) is -2.50. The van der Waals surface area contributed by atoms with Crippen molar-refractivity contribution in [2.45, 2.75) is 31.5 Å². The number of aliphatic hydroxyl groups excluding tert-OH is 1. The molecule has 0 spiro atoms. The molecule has 3 amide bonds. The minimum atomic E-state index is -1.17. The van der Waals surface area contributed by atoms with Crippen molar-refractivity contribution in [1.82, 2.24) is 15.5 Å². The van der Waals surface area contributed by atoms with Gasteiger partial charge in [0.1, 0.15) is 12.1 Å². The zero-order valence-corrected chi connectivity index (χ0v) is 10.2. The lowest BCUT2D eigenvalue weighted by molar-refractivity contribution is -0.141. The monoisotopic (exact) mass is 259 g/mol. The van der Waals surface area contributed by atoms with Crippen LogP contribution in [-0.2, 0) is 9.59 Å². The zero-order valence-electron chi connectivity index (χ0n) is 10.2. The number of carbonyl (C=O) groups excluding carboxylic acids is 2. The maximum atomic E-state index is 11.8. The third kappa shape index (κ3) is 3.10. The number of likely N-dealkylation sites (tertiary alicyclic amines) is 1. The van der Waals surface area contributed by atoms with Crippen molar-refractivity contribution in [3.63, 3.8) is 0 Å². The van der Waals surface area contributed by atoms with Crippen molar-refractivity contribution in [2.24, 2.45) is 0 Å². The second-order valence-electron chi connectivity index (χ2n) is 4.18. The number of carbonyl (C=O) groups is 3. The van der Waals surface area contributed by atoms with Crippen molar-refractivity contribution >= 4 is 17.9 Å². The van der Waals surface area contributed by atoms with Gasteiger partial charge in [0.05, 0.1) is 6.10 Å². The molecule has 0 saturated carbocycles. The lowest BCUT2D eigenvalue weighted by Crippen LogP contribution is -2.52. The van der Waals surface area contributed by atoms with E-state index >= 15 is 0 Å². The van der Waals surface area contributed by atoms with Gasteiger partial charge in [-0.2, -0.15) is 0 Å². The van der Waals surface area contributed by atoms with Crippen LogP contribution < -0.4 is 10.6 Å². The number of aliphatic carboxylic acids is 1. The molecule has 1 aliphatic heterocycles. The van der Waals surface area contributed by atoms with Gasteiger partial charge in [0.2, 0.25) is 5.91 Å². The number of rotatable bonds is 3. The minimum absolute atomic E-state index is 0.00287. The van der Waals surface area contributed by atoms with Gasteiger partial charge in [-0.15, -0.1) is 0 Å². The highest BCUT2D eigenvalue weighted by molar-refractivity contribution is 5.88. The third-order valence-corrected chi connectivity index (χ3v) is 2.80. The Kier molecular flexibility index (Phi) is 4.49. The van der Waals surface area contributed by atoms with E-state index in [0.717, 1.165) is 4.90 Å². The smallest absolute Gasteiger partial charge is 0.326 e. The lowest BCUT2D eigenvalue weighted by Gasteiger charge is -2.23. The number of carboxylic acids is 1. The topological polar surface area (TPSA) is 119 Å². The van der Waals surface area contributed by atoms with Crippen molar-refractivity contribution in [1.29, 1.82) is 0 Å². The average Bonchev–Trinajstić information content (AvgIpc) is 2.70. The molecule has 1 heterocycles. The highest BCUT2D eigenvalue weighted by Crippen LogP contribution is 2.18. The van der Waals surface area contributed by atoms with Gasteiger partial charge in [-0.1, -0.05) is 0 Å². The summed E-state index contributed by atoms with van der Waals surface area (Å²) in [6.45, 7) is 1.43. The summed E-state index contributed by atoms with van der Waals surface area (Å²) in [6.07, 6.45) is -0.857. The van der Waals surface area contributed by atoms with E-state index in [4.69, 9.17) is 5.11 Å². The van der Waals surface area contributed by atoms with Crippen LogP contribution in [0.5, 0.6) is 0 Å². The van der Waals surface area contributed by atoms with Gasteiger partial charge in [-0.05, 0) is 6.92 Å². The number of amides is 3. The molecule has 0 aromatic rings. The Balaban J connectivity index is 2.65. The van der Waals surface area contributed by atoms with Gasteiger partial charge >= 0.3 is 12.0 Å². The molecule has 102 valence electrons. The number of nitrogens with zero attached hydrogens (tertiary/aromatic N) is 1. The van der Waals surface area contributed by atoms with Crippen LogP contribution in [-0.4, -0.2) is 64.8 Å². The van der Waals surface area contributed by atoms with Crippen LogP contribution in [0.25, 0.3) is 0 Å². The summed E-state index contributed by atoms with van der Waals surface area (Å²) in [5.74, 6) is -1.55. The van der Waals surface area contributed by atoms with Gasteiger partial charge in [0.15, 0.2) is 0 Å². The van der Waals surface area contributed by atoms with Crippen LogP contribution in [0.3, 0.4) is 0 Å². The first-order valence-corrected chi connectivity index (χ1v) is 5.56. The van der Waals surface area contributed by atoms with Crippen molar-refractivity contribution in [3.05, 3.63) is 0 Å². The van der Waals surface area contributed by atoms with Gasteiger partial charge in [-0.3, -0.25) is 4.79 Å². The number of hydrogen-bond acceptors (Lipinski definition) is 4. The van der Waals surface area contributed by atoms with E-state index < -0.39 is 30.2 Å². The first-order valence-electron chi connectivity index (χ1n) is 5.56.